The first-order valence-electron chi connectivity index (χ1n) is 5.76. The lowest BCUT2D eigenvalue weighted by molar-refractivity contribution is -0.124. The Kier molecular flexibility index (Phi) is 5.11. The standard InChI is InChI=1S/C14H17NO3/c1-10(2)13(17)9-15-14(18)8-5-11-3-6-12(16)7-4-11/h3-8,10,16H,9H2,1-2H3,(H,15,18). The summed E-state index contributed by atoms with van der Waals surface area (Å²) in [5.74, 6) is -0.205. The summed E-state index contributed by atoms with van der Waals surface area (Å²) in [4.78, 5) is 22.7. The van der Waals surface area contributed by atoms with Crippen LogP contribution in [0, 0.1) is 5.92 Å². The highest BCUT2D eigenvalue weighted by Gasteiger charge is 2.07. The van der Waals surface area contributed by atoms with Crippen molar-refractivity contribution in [2.45, 2.75) is 13.8 Å². The van der Waals surface area contributed by atoms with Crippen LogP contribution in [0.15, 0.2) is 30.3 Å². The third-order valence-electron chi connectivity index (χ3n) is 2.40. The number of Topliss-reactive ketones (excluding diaryl/α,β-unsaturated/α-hetero) is 1. The van der Waals surface area contributed by atoms with Gasteiger partial charge < -0.3 is 10.4 Å². The topological polar surface area (TPSA) is 66.4 Å². The van der Waals surface area contributed by atoms with Gasteiger partial charge in [0.05, 0.1) is 6.54 Å². The van der Waals surface area contributed by atoms with Gasteiger partial charge in [-0.3, -0.25) is 9.59 Å². The molecule has 1 amide bonds. The van der Waals surface area contributed by atoms with Gasteiger partial charge in [0.25, 0.3) is 0 Å². The minimum atomic E-state index is -0.308. The highest BCUT2D eigenvalue weighted by Crippen LogP contribution is 2.10. The summed E-state index contributed by atoms with van der Waals surface area (Å²) in [6, 6.07) is 6.47. The molecule has 4 nitrogen and oxygen atoms in total. The number of amides is 1. The van der Waals surface area contributed by atoms with Gasteiger partial charge in [-0.25, -0.2) is 0 Å². The Morgan fingerprint density at radius 3 is 2.44 bits per heavy atom. The summed E-state index contributed by atoms with van der Waals surface area (Å²) in [6.07, 6.45) is 2.98. The molecule has 0 radical (unpaired) electrons. The van der Waals surface area contributed by atoms with Gasteiger partial charge in [0.1, 0.15) is 5.75 Å². The number of phenolic OH excluding ortho intramolecular Hbond substituents is 1. The van der Waals surface area contributed by atoms with Crippen LogP contribution in [-0.4, -0.2) is 23.3 Å². The zero-order chi connectivity index (χ0) is 13.5. The minimum Gasteiger partial charge on any atom is -0.508 e. The van der Waals surface area contributed by atoms with Crippen LogP contribution >= 0.6 is 0 Å². The molecule has 96 valence electrons. The largest absolute Gasteiger partial charge is 0.508 e. The van der Waals surface area contributed by atoms with E-state index in [1.807, 2.05) is 0 Å². The molecule has 1 rings (SSSR count). The Hall–Kier alpha value is -2.10. The van der Waals surface area contributed by atoms with Crippen LogP contribution in [0.3, 0.4) is 0 Å². The molecule has 0 atom stereocenters. The molecular formula is C14H17NO3. The van der Waals surface area contributed by atoms with Crippen molar-refractivity contribution in [3.05, 3.63) is 35.9 Å². The molecule has 0 saturated carbocycles. The Balaban J connectivity index is 2.45. The van der Waals surface area contributed by atoms with Gasteiger partial charge >= 0.3 is 0 Å². The second-order valence-electron chi connectivity index (χ2n) is 4.26. The summed E-state index contributed by atoms with van der Waals surface area (Å²) in [7, 11) is 0. The molecule has 0 aliphatic rings. The number of carbonyl (C=O) groups excluding carboxylic acids is 2. The number of nitrogens with one attached hydrogen (secondary N) is 1. The first kappa shape index (κ1) is 14.0. The quantitative estimate of drug-likeness (QED) is 0.779. The van der Waals surface area contributed by atoms with Gasteiger partial charge in [-0.15, -0.1) is 0 Å². The minimum absolute atomic E-state index is 0.00128. The average Bonchev–Trinajstić information content (AvgIpc) is 2.35. The van der Waals surface area contributed by atoms with Crippen molar-refractivity contribution in [3.8, 4) is 5.75 Å². The molecule has 2 N–H and O–H groups in total. The van der Waals surface area contributed by atoms with Crippen molar-refractivity contribution in [1.29, 1.82) is 0 Å². The summed E-state index contributed by atoms with van der Waals surface area (Å²) >= 11 is 0. The maximum absolute atomic E-state index is 11.4. The summed E-state index contributed by atoms with van der Waals surface area (Å²) in [6.45, 7) is 3.64. The molecule has 0 spiro atoms. The highest BCUT2D eigenvalue weighted by atomic mass is 16.3. The Bertz CT molecular complexity index is 447. The first-order chi connectivity index (χ1) is 8.49. The predicted octanol–water partition coefficient (Wildman–Crippen LogP) is 1.75. The zero-order valence-corrected chi connectivity index (χ0v) is 10.5. The lowest BCUT2D eigenvalue weighted by Gasteiger charge is -2.03. The second-order valence-corrected chi connectivity index (χ2v) is 4.26. The molecule has 0 fully saturated rings. The van der Waals surface area contributed by atoms with Gasteiger partial charge in [0, 0.05) is 12.0 Å². The van der Waals surface area contributed by atoms with Gasteiger partial charge in [0.15, 0.2) is 5.78 Å². The van der Waals surface area contributed by atoms with Gasteiger partial charge in [-0.05, 0) is 23.8 Å². The SMILES string of the molecule is CC(C)C(=O)CNC(=O)C=Cc1ccc(O)cc1. The van der Waals surface area contributed by atoms with E-state index in [2.05, 4.69) is 5.32 Å². The molecule has 18 heavy (non-hydrogen) atoms. The average molecular weight is 247 g/mol. The van der Waals surface area contributed by atoms with Crippen molar-refractivity contribution < 1.29 is 14.7 Å². The van der Waals surface area contributed by atoms with E-state index >= 15 is 0 Å². The lowest BCUT2D eigenvalue weighted by atomic mass is 10.1. The van der Waals surface area contributed by atoms with Gasteiger partial charge in [0.2, 0.25) is 5.91 Å². The van der Waals surface area contributed by atoms with Crippen molar-refractivity contribution in [2.24, 2.45) is 5.92 Å². The molecule has 4 heteroatoms. The molecule has 1 aromatic carbocycles. The molecule has 0 unspecified atom stereocenters. The fourth-order valence-electron chi connectivity index (χ4n) is 1.19. The van der Waals surface area contributed by atoms with Crippen molar-refractivity contribution in [2.75, 3.05) is 6.54 Å². The lowest BCUT2D eigenvalue weighted by Crippen LogP contribution is -2.30. The fraction of sp³-hybridized carbons (Fsp3) is 0.286. The molecular weight excluding hydrogens is 230 g/mol. The Labute approximate surface area is 106 Å². The molecule has 1 aromatic rings. The number of aromatic hydroxyl groups is 1. The first-order valence-corrected chi connectivity index (χ1v) is 5.76. The number of hydrogen-bond donors (Lipinski definition) is 2. The maximum Gasteiger partial charge on any atom is 0.244 e. The van der Waals surface area contributed by atoms with Crippen molar-refractivity contribution in [1.82, 2.24) is 5.32 Å². The van der Waals surface area contributed by atoms with E-state index in [9.17, 15) is 9.59 Å². The molecule has 0 saturated heterocycles. The molecule has 0 aliphatic heterocycles. The monoisotopic (exact) mass is 247 g/mol. The molecule has 0 bridgehead atoms. The van der Waals surface area contributed by atoms with E-state index in [0.29, 0.717) is 0 Å². The Morgan fingerprint density at radius 1 is 1.28 bits per heavy atom. The summed E-state index contributed by atoms with van der Waals surface area (Å²) in [5, 5.41) is 11.6. The third kappa shape index (κ3) is 4.82. The number of hydrogen-bond acceptors (Lipinski definition) is 3. The van der Waals surface area contributed by atoms with Crippen molar-refractivity contribution >= 4 is 17.8 Å². The molecule has 0 aliphatic carbocycles. The number of phenols is 1. The number of ketones is 1. The number of rotatable bonds is 5. The van der Waals surface area contributed by atoms with Crippen LogP contribution in [0.2, 0.25) is 0 Å². The van der Waals surface area contributed by atoms with Gasteiger partial charge in [-0.1, -0.05) is 26.0 Å². The van der Waals surface area contributed by atoms with Crippen LogP contribution in [0.1, 0.15) is 19.4 Å². The summed E-state index contributed by atoms with van der Waals surface area (Å²) < 4.78 is 0. The van der Waals surface area contributed by atoms with Crippen LogP contribution < -0.4 is 5.32 Å². The van der Waals surface area contributed by atoms with Crippen molar-refractivity contribution in [3.63, 3.8) is 0 Å². The van der Waals surface area contributed by atoms with Crippen LogP contribution in [0.25, 0.3) is 6.08 Å². The maximum atomic E-state index is 11.4. The van der Waals surface area contributed by atoms with E-state index < -0.39 is 0 Å². The molecule has 0 heterocycles. The Morgan fingerprint density at radius 2 is 1.89 bits per heavy atom. The molecule has 0 aromatic heterocycles. The normalized spacial score (nSPS) is 10.8. The highest BCUT2D eigenvalue weighted by molar-refractivity contribution is 5.94. The van der Waals surface area contributed by atoms with E-state index in [1.165, 1.54) is 6.08 Å². The predicted molar refractivity (Wildman–Crippen MR) is 70.0 cm³/mol. The number of carbonyl (C=O) groups is 2. The van der Waals surface area contributed by atoms with E-state index in [4.69, 9.17) is 5.11 Å². The number of benzene rings is 1. The third-order valence-corrected chi connectivity index (χ3v) is 2.40. The second kappa shape index (κ2) is 6.59. The van der Waals surface area contributed by atoms with E-state index in [0.717, 1.165) is 5.56 Å². The summed E-state index contributed by atoms with van der Waals surface area (Å²) in [5.41, 5.74) is 0.804. The van der Waals surface area contributed by atoms with E-state index in [-0.39, 0.29) is 29.9 Å². The smallest absolute Gasteiger partial charge is 0.244 e. The van der Waals surface area contributed by atoms with Crippen LogP contribution in [0.5, 0.6) is 5.75 Å². The van der Waals surface area contributed by atoms with E-state index in [1.54, 1.807) is 44.2 Å². The fourth-order valence-corrected chi connectivity index (χ4v) is 1.19. The van der Waals surface area contributed by atoms with Crippen LogP contribution in [0.4, 0.5) is 0 Å². The van der Waals surface area contributed by atoms with Gasteiger partial charge in [-0.2, -0.15) is 0 Å². The van der Waals surface area contributed by atoms with Crippen LogP contribution in [-0.2, 0) is 9.59 Å². The zero-order valence-electron chi connectivity index (χ0n) is 10.5.